The van der Waals surface area contributed by atoms with Crippen LogP contribution in [0.4, 0.5) is 0 Å². The molecule has 0 aromatic carbocycles. The summed E-state index contributed by atoms with van der Waals surface area (Å²) in [4.78, 5) is 20.0. The van der Waals surface area contributed by atoms with Crippen molar-refractivity contribution in [3.63, 3.8) is 0 Å². The molecule has 0 unspecified atom stereocenters. The highest BCUT2D eigenvalue weighted by Crippen LogP contribution is 2.32. The lowest BCUT2D eigenvalue weighted by Gasteiger charge is -2.43. The molecule has 2 heterocycles. The number of ketones is 1. The summed E-state index contributed by atoms with van der Waals surface area (Å²) in [7, 11) is 4.02. The maximum Gasteiger partial charge on any atom is 0.155 e. The van der Waals surface area contributed by atoms with Crippen LogP contribution >= 0.6 is 0 Å². The summed E-state index contributed by atoms with van der Waals surface area (Å²) in [5.41, 5.74) is -0.329. The van der Waals surface area contributed by atoms with E-state index >= 15 is 0 Å². The van der Waals surface area contributed by atoms with Gasteiger partial charge in [0, 0.05) is 64.3 Å². The van der Waals surface area contributed by atoms with Crippen LogP contribution in [0.1, 0.15) is 46.5 Å². The van der Waals surface area contributed by atoms with E-state index in [1.54, 1.807) is 0 Å². The van der Waals surface area contributed by atoms with Crippen LogP contribution in [-0.2, 0) is 4.79 Å². The average molecular weight is 396 g/mol. The Morgan fingerprint density at radius 2 is 1.43 bits per heavy atom. The molecule has 2 saturated heterocycles. The molecule has 164 valence electrons. The maximum absolute atomic E-state index is 12.8. The number of likely N-dealkylation sites (N-methyl/N-ethyl adjacent to an activating group) is 2. The van der Waals surface area contributed by atoms with Crippen molar-refractivity contribution in [3.8, 4) is 0 Å². The first-order valence-corrected chi connectivity index (χ1v) is 11.5. The van der Waals surface area contributed by atoms with Crippen molar-refractivity contribution >= 4 is 5.78 Å². The molecular formula is C22H45N5O. The van der Waals surface area contributed by atoms with E-state index in [1.165, 1.54) is 45.6 Å². The zero-order valence-corrected chi connectivity index (χ0v) is 19.1. The topological polar surface area (TPSA) is 50.9 Å². The van der Waals surface area contributed by atoms with Crippen molar-refractivity contribution < 1.29 is 4.79 Å². The molecule has 1 aliphatic carbocycles. The number of Topliss-reactive ketones (excluding diaryl/α,β-unsaturated/α-hetero) is 1. The van der Waals surface area contributed by atoms with Gasteiger partial charge in [0.2, 0.25) is 0 Å². The number of carbonyl (C=O) groups excluding carboxylic acids is 1. The second-order valence-corrected chi connectivity index (χ2v) is 9.29. The second-order valence-electron chi connectivity index (χ2n) is 9.29. The Labute approximate surface area is 173 Å². The number of rotatable bonds is 5. The fourth-order valence-corrected chi connectivity index (χ4v) is 4.47. The smallest absolute Gasteiger partial charge is 0.155 e. The van der Waals surface area contributed by atoms with Gasteiger partial charge < -0.3 is 15.5 Å². The van der Waals surface area contributed by atoms with Gasteiger partial charge in [-0.1, -0.05) is 6.92 Å². The molecule has 0 bridgehead atoms. The van der Waals surface area contributed by atoms with Gasteiger partial charge >= 0.3 is 0 Å². The molecule has 6 heteroatoms. The SMILES string of the molecule is C1CNCCN1.CCN1CCN(C2CCC(C(=O)C(C)(C)N(C)C)CC2)CC1. The number of nitrogens with zero attached hydrogens (tertiary/aromatic N) is 3. The van der Waals surface area contributed by atoms with Gasteiger partial charge in [0.1, 0.15) is 0 Å². The van der Waals surface area contributed by atoms with Gasteiger partial charge in [-0.2, -0.15) is 0 Å². The molecule has 0 atom stereocenters. The molecule has 2 aliphatic heterocycles. The molecule has 0 amide bonds. The molecule has 3 rings (SSSR count). The predicted octanol–water partition coefficient (Wildman–Crippen LogP) is 1.27. The number of carbonyl (C=O) groups is 1. The maximum atomic E-state index is 12.8. The predicted molar refractivity (Wildman–Crippen MR) is 118 cm³/mol. The van der Waals surface area contributed by atoms with Crippen molar-refractivity contribution in [2.75, 3.05) is 73.0 Å². The third kappa shape index (κ3) is 6.77. The molecular weight excluding hydrogens is 350 g/mol. The summed E-state index contributed by atoms with van der Waals surface area (Å²) in [6.45, 7) is 16.9. The molecule has 1 saturated carbocycles. The van der Waals surface area contributed by atoms with Crippen molar-refractivity contribution in [1.29, 1.82) is 0 Å². The van der Waals surface area contributed by atoms with Gasteiger partial charge in [-0.05, 0) is 60.2 Å². The first kappa shape index (κ1) is 23.7. The first-order chi connectivity index (χ1) is 13.4. The Kier molecular flexibility index (Phi) is 9.84. The van der Waals surface area contributed by atoms with Crippen LogP contribution in [-0.4, -0.2) is 105 Å². The van der Waals surface area contributed by atoms with Crippen LogP contribution in [0, 0.1) is 5.92 Å². The van der Waals surface area contributed by atoms with Crippen LogP contribution in [0.2, 0.25) is 0 Å². The summed E-state index contributed by atoms with van der Waals surface area (Å²) < 4.78 is 0. The zero-order chi connectivity index (χ0) is 20.6. The molecule has 28 heavy (non-hydrogen) atoms. The highest BCUT2D eigenvalue weighted by molar-refractivity contribution is 5.89. The van der Waals surface area contributed by atoms with Gasteiger partial charge in [0.05, 0.1) is 5.54 Å². The highest BCUT2D eigenvalue weighted by Gasteiger charge is 2.38. The van der Waals surface area contributed by atoms with E-state index in [0.717, 1.165) is 39.0 Å². The second kappa shape index (κ2) is 11.6. The standard InChI is InChI=1S/C18H35N3O.C4H10N2/c1-6-20-11-13-21(14-12-20)16-9-7-15(8-10-16)17(22)18(2,3)19(4)5;1-2-6-4-3-5-1/h15-16H,6-14H2,1-5H3;5-6H,1-4H2. The molecule has 0 aromatic rings. The highest BCUT2D eigenvalue weighted by atomic mass is 16.1. The van der Waals surface area contributed by atoms with Crippen molar-refractivity contribution in [2.24, 2.45) is 5.92 Å². The number of nitrogens with one attached hydrogen (secondary N) is 2. The number of hydrogen-bond donors (Lipinski definition) is 2. The Morgan fingerprint density at radius 3 is 1.82 bits per heavy atom. The van der Waals surface area contributed by atoms with Gasteiger partial charge in [0.25, 0.3) is 0 Å². The van der Waals surface area contributed by atoms with Gasteiger partial charge in [-0.25, -0.2) is 0 Å². The van der Waals surface area contributed by atoms with Gasteiger partial charge in [-0.3, -0.25) is 14.6 Å². The van der Waals surface area contributed by atoms with Crippen LogP contribution in [0.25, 0.3) is 0 Å². The lowest BCUT2D eigenvalue weighted by atomic mass is 9.77. The minimum Gasteiger partial charge on any atom is -0.314 e. The Morgan fingerprint density at radius 1 is 0.929 bits per heavy atom. The summed E-state index contributed by atoms with van der Waals surface area (Å²) >= 11 is 0. The van der Waals surface area contributed by atoms with Crippen LogP contribution in [0.15, 0.2) is 0 Å². The van der Waals surface area contributed by atoms with Crippen molar-refractivity contribution in [3.05, 3.63) is 0 Å². The lowest BCUT2D eigenvalue weighted by molar-refractivity contribution is -0.133. The molecule has 3 fully saturated rings. The Hall–Kier alpha value is -0.530. The largest absolute Gasteiger partial charge is 0.314 e. The third-order valence-corrected chi connectivity index (χ3v) is 7.12. The molecule has 3 aliphatic rings. The van der Waals surface area contributed by atoms with Gasteiger partial charge in [-0.15, -0.1) is 0 Å². The van der Waals surface area contributed by atoms with E-state index in [-0.39, 0.29) is 11.5 Å². The van der Waals surface area contributed by atoms with E-state index in [1.807, 2.05) is 14.1 Å². The van der Waals surface area contributed by atoms with Crippen molar-refractivity contribution in [2.45, 2.75) is 58.0 Å². The first-order valence-electron chi connectivity index (χ1n) is 11.5. The normalized spacial score (nSPS) is 27.9. The molecule has 2 N–H and O–H groups in total. The van der Waals surface area contributed by atoms with Crippen LogP contribution in [0.5, 0.6) is 0 Å². The van der Waals surface area contributed by atoms with E-state index in [9.17, 15) is 4.79 Å². The number of hydrogen-bond acceptors (Lipinski definition) is 6. The average Bonchev–Trinajstić information content (AvgIpc) is 2.75. The Bertz CT molecular complexity index is 436. The van der Waals surface area contributed by atoms with Crippen LogP contribution in [0.3, 0.4) is 0 Å². The lowest BCUT2D eigenvalue weighted by Crippen LogP contribution is -2.52. The van der Waals surface area contributed by atoms with Crippen LogP contribution < -0.4 is 10.6 Å². The summed E-state index contributed by atoms with van der Waals surface area (Å²) in [6.07, 6.45) is 4.56. The molecule has 0 radical (unpaired) electrons. The van der Waals surface area contributed by atoms with E-state index in [0.29, 0.717) is 11.8 Å². The fraction of sp³-hybridized carbons (Fsp3) is 0.955. The summed E-state index contributed by atoms with van der Waals surface area (Å²) in [5.74, 6) is 0.706. The molecule has 0 spiro atoms. The third-order valence-electron chi connectivity index (χ3n) is 7.12. The molecule has 0 aromatic heterocycles. The van der Waals surface area contributed by atoms with Gasteiger partial charge in [0.15, 0.2) is 5.78 Å². The zero-order valence-electron chi connectivity index (χ0n) is 19.1. The van der Waals surface area contributed by atoms with E-state index in [4.69, 9.17) is 0 Å². The molecule has 6 nitrogen and oxygen atoms in total. The number of piperazine rings is 2. The minimum absolute atomic E-state index is 0.269. The minimum atomic E-state index is -0.329. The quantitative estimate of drug-likeness (QED) is 0.731. The fourth-order valence-electron chi connectivity index (χ4n) is 4.47. The monoisotopic (exact) mass is 395 g/mol. The Balaban J connectivity index is 0.000000397. The summed E-state index contributed by atoms with van der Waals surface area (Å²) in [5, 5.41) is 6.44. The van der Waals surface area contributed by atoms with Crippen molar-refractivity contribution in [1.82, 2.24) is 25.3 Å². The van der Waals surface area contributed by atoms with E-state index < -0.39 is 0 Å². The van der Waals surface area contributed by atoms with E-state index in [2.05, 4.69) is 46.1 Å². The summed E-state index contributed by atoms with van der Waals surface area (Å²) in [6, 6.07) is 0.713.